The quantitative estimate of drug-likeness (QED) is 0.678. The molecule has 1 aromatic rings. The van der Waals surface area contributed by atoms with Crippen LogP contribution in [0.3, 0.4) is 0 Å². The van der Waals surface area contributed by atoms with Gasteiger partial charge in [-0.05, 0) is 18.9 Å². The summed E-state index contributed by atoms with van der Waals surface area (Å²) in [5.41, 5.74) is 1.32. The number of ether oxygens (including phenoxy) is 1. The molecular formula is C17H29Cl2N3O2. The Balaban J connectivity index is 0.00000264. The van der Waals surface area contributed by atoms with E-state index in [9.17, 15) is 4.79 Å². The Morgan fingerprint density at radius 1 is 1.29 bits per heavy atom. The first kappa shape index (κ1) is 23.1. The second-order valence-corrected chi connectivity index (χ2v) is 5.93. The van der Waals surface area contributed by atoms with Crippen molar-refractivity contribution in [3.8, 4) is 0 Å². The van der Waals surface area contributed by atoms with Gasteiger partial charge in [0.1, 0.15) is 0 Å². The van der Waals surface area contributed by atoms with Crippen LogP contribution in [0.25, 0.3) is 0 Å². The molecule has 1 aliphatic rings. The lowest BCUT2D eigenvalue weighted by Gasteiger charge is -2.20. The monoisotopic (exact) mass is 377 g/mol. The van der Waals surface area contributed by atoms with Crippen LogP contribution < -0.4 is 10.6 Å². The molecule has 1 fully saturated rings. The van der Waals surface area contributed by atoms with Crippen LogP contribution in [0.2, 0.25) is 0 Å². The molecule has 2 atom stereocenters. The molecule has 0 saturated carbocycles. The fourth-order valence-corrected chi connectivity index (χ4v) is 2.90. The fraction of sp³-hybridized carbons (Fsp3) is 0.588. The van der Waals surface area contributed by atoms with Crippen molar-refractivity contribution in [2.75, 3.05) is 33.4 Å². The highest BCUT2D eigenvalue weighted by atomic mass is 35.5. The van der Waals surface area contributed by atoms with Crippen molar-refractivity contribution < 1.29 is 9.53 Å². The normalized spacial score (nSPS) is 20.1. The maximum Gasteiger partial charge on any atom is 0.234 e. The summed E-state index contributed by atoms with van der Waals surface area (Å²) in [6, 6.07) is 11.2. The van der Waals surface area contributed by atoms with E-state index < -0.39 is 0 Å². The summed E-state index contributed by atoms with van der Waals surface area (Å²) in [6.07, 6.45) is 1.01. The van der Waals surface area contributed by atoms with E-state index in [0.29, 0.717) is 25.7 Å². The lowest BCUT2D eigenvalue weighted by Crippen LogP contribution is -2.42. The lowest BCUT2D eigenvalue weighted by atomic mass is 10.2. The molecule has 0 aliphatic carbocycles. The molecule has 0 radical (unpaired) electrons. The molecule has 24 heavy (non-hydrogen) atoms. The van der Waals surface area contributed by atoms with Gasteiger partial charge in [-0.3, -0.25) is 9.69 Å². The minimum absolute atomic E-state index is 0. The van der Waals surface area contributed by atoms with Gasteiger partial charge in [-0.1, -0.05) is 30.3 Å². The van der Waals surface area contributed by atoms with Gasteiger partial charge < -0.3 is 15.4 Å². The Bertz CT molecular complexity index is 462. The Labute approximate surface area is 157 Å². The van der Waals surface area contributed by atoms with Gasteiger partial charge >= 0.3 is 0 Å². The van der Waals surface area contributed by atoms with Crippen LogP contribution in [0.4, 0.5) is 0 Å². The third-order valence-electron chi connectivity index (χ3n) is 4.07. The number of halogens is 2. The van der Waals surface area contributed by atoms with Crippen LogP contribution in [0.1, 0.15) is 18.9 Å². The van der Waals surface area contributed by atoms with Crippen molar-refractivity contribution in [2.45, 2.75) is 32.0 Å². The molecule has 0 spiro atoms. The van der Waals surface area contributed by atoms with E-state index in [1.54, 1.807) is 7.11 Å². The van der Waals surface area contributed by atoms with Crippen molar-refractivity contribution in [1.82, 2.24) is 15.5 Å². The van der Waals surface area contributed by atoms with E-state index in [2.05, 4.69) is 46.7 Å². The highest BCUT2D eigenvalue weighted by Gasteiger charge is 2.29. The van der Waals surface area contributed by atoms with Gasteiger partial charge in [0.15, 0.2) is 0 Å². The summed E-state index contributed by atoms with van der Waals surface area (Å²) < 4.78 is 4.94. The predicted octanol–water partition coefficient (Wildman–Crippen LogP) is 1.85. The van der Waals surface area contributed by atoms with Crippen molar-refractivity contribution in [3.05, 3.63) is 35.9 Å². The van der Waals surface area contributed by atoms with E-state index in [-0.39, 0.29) is 36.8 Å². The number of likely N-dealkylation sites (tertiary alicyclic amines) is 1. The van der Waals surface area contributed by atoms with E-state index in [1.165, 1.54) is 5.56 Å². The number of carbonyl (C=O) groups excluding carboxylic acids is 1. The van der Waals surface area contributed by atoms with Crippen molar-refractivity contribution >= 4 is 30.7 Å². The molecule has 2 N–H and O–H groups in total. The molecule has 0 bridgehead atoms. The first-order valence-corrected chi connectivity index (χ1v) is 7.96. The van der Waals surface area contributed by atoms with Crippen molar-refractivity contribution in [1.29, 1.82) is 0 Å². The number of benzene rings is 1. The first-order chi connectivity index (χ1) is 10.7. The molecule has 1 aliphatic heterocycles. The van der Waals surface area contributed by atoms with E-state index >= 15 is 0 Å². The van der Waals surface area contributed by atoms with Crippen LogP contribution in [0, 0.1) is 0 Å². The minimum Gasteiger partial charge on any atom is -0.383 e. The summed E-state index contributed by atoms with van der Waals surface area (Å²) in [5.74, 6) is 0.0647. The summed E-state index contributed by atoms with van der Waals surface area (Å²) in [4.78, 5) is 14.3. The standard InChI is InChI=1S/C17H27N3O2.2ClH/c1-14-10-16(19-17(21)11-18-8-9-22-2)13-20(14)12-15-6-4-3-5-7-15;;/h3-7,14,16,18H,8-13H2,1-2H3,(H,19,21);2*1H. The Hall–Kier alpha value is -0.850. The summed E-state index contributed by atoms with van der Waals surface area (Å²) >= 11 is 0. The number of nitrogens with one attached hydrogen (secondary N) is 2. The van der Waals surface area contributed by atoms with Crippen LogP contribution >= 0.6 is 24.8 Å². The third-order valence-corrected chi connectivity index (χ3v) is 4.07. The summed E-state index contributed by atoms with van der Waals surface area (Å²) in [7, 11) is 1.66. The largest absolute Gasteiger partial charge is 0.383 e. The number of hydrogen-bond donors (Lipinski definition) is 2. The summed E-state index contributed by atoms with van der Waals surface area (Å²) in [5, 5.41) is 6.19. The van der Waals surface area contributed by atoms with Crippen molar-refractivity contribution in [2.24, 2.45) is 0 Å². The van der Waals surface area contributed by atoms with Gasteiger partial charge in [-0.15, -0.1) is 24.8 Å². The molecule has 0 aromatic heterocycles. The van der Waals surface area contributed by atoms with Gasteiger partial charge in [0.25, 0.3) is 0 Å². The average Bonchev–Trinajstić information content (AvgIpc) is 2.84. The SMILES string of the molecule is COCCNCC(=O)NC1CC(C)N(Cc2ccccc2)C1.Cl.Cl. The smallest absolute Gasteiger partial charge is 0.234 e. The number of nitrogens with zero attached hydrogens (tertiary/aromatic N) is 1. The fourth-order valence-electron chi connectivity index (χ4n) is 2.90. The number of methoxy groups -OCH3 is 1. The molecule has 138 valence electrons. The summed E-state index contributed by atoms with van der Waals surface area (Å²) in [6.45, 7) is 5.77. The third kappa shape index (κ3) is 7.81. The van der Waals surface area contributed by atoms with Crippen molar-refractivity contribution in [3.63, 3.8) is 0 Å². The number of rotatable bonds is 8. The molecule has 1 saturated heterocycles. The zero-order valence-electron chi connectivity index (χ0n) is 14.4. The average molecular weight is 378 g/mol. The second-order valence-electron chi connectivity index (χ2n) is 5.93. The second kappa shape index (κ2) is 12.5. The van der Waals surface area contributed by atoms with Crippen LogP contribution in [-0.2, 0) is 16.1 Å². The molecule has 1 heterocycles. The van der Waals surface area contributed by atoms with Gasteiger partial charge in [-0.25, -0.2) is 0 Å². The van der Waals surface area contributed by atoms with Crippen LogP contribution in [-0.4, -0.2) is 56.2 Å². The van der Waals surface area contributed by atoms with Gasteiger partial charge in [0, 0.05) is 38.8 Å². The van der Waals surface area contributed by atoms with Gasteiger partial charge in [0.2, 0.25) is 5.91 Å². The number of hydrogen-bond acceptors (Lipinski definition) is 4. The first-order valence-electron chi connectivity index (χ1n) is 7.96. The highest BCUT2D eigenvalue weighted by Crippen LogP contribution is 2.20. The molecular weight excluding hydrogens is 349 g/mol. The highest BCUT2D eigenvalue weighted by molar-refractivity contribution is 5.85. The molecule has 2 rings (SSSR count). The Kier molecular flexibility index (Phi) is 12.1. The molecule has 1 aromatic carbocycles. The zero-order chi connectivity index (χ0) is 15.8. The van der Waals surface area contributed by atoms with Gasteiger partial charge in [-0.2, -0.15) is 0 Å². The van der Waals surface area contributed by atoms with Crippen LogP contribution in [0.5, 0.6) is 0 Å². The van der Waals surface area contributed by atoms with Crippen LogP contribution in [0.15, 0.2) is 30.3 Å². The van der Waals surface area contributed by atoms with E-state index in [0.717, 1.165) is 19.5 Å². The Morgan fingerprint density at radius 3 is 2.67 bits per heavy atom. The Morgan fingerprint density at radius 2 is 2.00 bits per heavy atom. The number of amides is 1. The zero-order valence-corrected chi connectivity index (χ0v) is 16.0. The molecule has 2 unspecified atom stereocenters. The molecule has 1 amide bonds. The van der Waals surface area contributed by atoms with Gasteiger partial charge in [0.05, 0.1) is 13.2 Å². The van der Waals surface area contributed by atoms with E-state index in [1.807, 2.05) is 6.07 Å². The molecule has 5 nitrogen and oxygen atoms in total. The molecule has 7 heteroatoms. The lowest BCUT2D eigenvalue weighted by molar-refractivity contribution is -0.120. The topological polar surface area (TPSA) is 53.6 Å². The van der Waals surface area contributed by atoms with E-state index in [4.69, 9.17) is 4.74 Å². The predicted molar refractivity (Wildman–Crippen MR) is 102 cm³/mol. The minimum atomic E-state index is 0. The number of carbonyl (C=O) groups is 1. The maximum absolute atomic E-state index is 11.9. The maximum atomic E-state index is 11.9.